The van der Waals surface area contributed by atoms with Crippen molar-refractivity contribution in [3.63, 3.8) is 0 Å². The van der Waals surface area contributed by atoms with Gasteiger partial charge in [-0.25, -0.2) is 0 Å². The van der Waals surface area contributed by atoms with E-state index in [0.29, 0.717) is 0 Å². The molecule has 0 aromatic heterocycles. The zero-order valence-electron chi connectivity index (χ0n) is 14.2. The predicted octanol–water partition coefficient (Wildman–Crippen LogP) is 4.16. The zero-order chi connectivity index (χ0) is 15.9. The van der Waals surface area contributed by atoms with Gasteiger partial charge in [-0.2, -0.15) is 0 Å². The lowest BCUT2D eigenvalue weighted by atomic mass is 9.86. The summed E-state index contributed by atoms with van der Waals surface area (Å²) < 4.78 is 5.98. The molecule has 3 heteroatoms. The number of rotatable bonds is 8. The van der Waals surface area contributed by atoms with Crippen molar-refractivity contribution in [3.05, 3.63) is 28.8 Å². The molecule has 0 amide bonds. The Balaban J connectivity index is 2.42. The number of halogens is 1. The van der Waals surface area contributed by atoms with Gasteiger partial charge in [-0.15, -0.1) is 0 Å². The maximum atomic E-state index is 6.11. The van der Waals surface area contributed by atoms with Crippen LogP contribution in [0.25, 0.3) is 0 Å². The molecule has 1 atom stereocenters. The maximum absolute atomic E-state index is 6.11. The average Bonchev–Trinajstić information content (AvgIpc) is 2.42. The molecule has 2 nitrogen and oxygen atoms in total. The molecule has 0 unspecified atom stereocenters. The Morgan fingerprint density at radius 3 is 2.57 bits per heavy atom. The second kappa shape index (κ2) is 8.65. The standard InChI is InChI=1S/C18H30ClNO/c1-6-14(2)20-11-7-8-12-21-17-10-9-15(19)13-16(17)18(3,4)5/h9-10,13-14,20H,6-8,11-12H2,1-5H3/p+1/t14-/m0/s1. The van der Waals surface area contributed by atoms with Gasteiger partial charge in [0.1, 0.15) is 5.75 Å². The van der Waals surface area contributed by atoms with Crippen LogP contribution in [0.4, 0.5) is 0 Å². The molecule has 2 N–H and O–H groups in total. The topological polar surface area (TPSA) is 25.8 Å². The SMILES string of the molecule is CC[C@H](C)[NH2+]CCCCOc1ccc(Cl)cc1C(C)(C)C. The van der Waals surface area contributed by atoms with E-state index in [1.165, 1.54) is 24.9 Å². The molecule has 0 fully saturated rings. The first kappa shape index (κ1) is 18.3. The van der Waals surface area contributed by atoms with Crippen LogP contribution in [0, 0.1) is 0 Å². The lowest BCUT2D eigenvalue weighted by molar-refractivity contribution is -0.686. The van der Waals surface area contributed by atoms with Crippen molar-refractivity contribution in [1.29, 1.82) is 0 Å². The Kier molecular flexibility index (Phi) is 7.55. The molecule has 1 aromatic carbocycles. The molecular weight excluding hydrogens is 282 g/mol. The lowest BCUT2D eigenvalue weighted by Gasteiger charge is -2.23. The predicted molar refractivity (Wildman–Crippen MR) is 91.4 cm³/mol. The van der Waals surface area contributed by atoms with Gasteiger partial charge in [-0.3, -0.25) is 0 Å². The minimum absolute atomic E-state index is 0.0462. The molecule has 1 aromatic rings. The minimum Gasteiger partial charge on any atom is -0.493 e. The number of nitrogens with two attached hydrogens (primary N) is 1. The van der Waals surface area contributed by atoms with Gasteiger partial charge in [-0.1, -0.05) is 39.3 Å². The fourth-order valence-corrected chi connectivity index (χ4v) is 2.38. The van der Waals surface area contributed by atoms with E-state index in [1.54, 1.807) is 0 Å². The summed E-state index contributed by atoms with van der Waals surface area (Å²) in [5.41, 5.74) is 1.23. The third-order valence-electron chi connectivity index (χ3n) is 3.82. The third kappa shape index (κ3) is 6.71. The summed E-state index contributed by atoms with van der Waals surface area (Å²) in [4.78, 5) is 0. The van der Waals surface area contributed by atoms with Crippen LogP contribution < -0.4 is 10.1 Å². The molecule has 0 spiro atoms. The maximum Gasteiger partial charge on any atom is 0.123 e. The number of ether oxygens (including phenoxy) is 1. The summed E-state index contributed by atoms with van der Waals surface area (Å²) in [6, 6.07) is 6.65. The van der Waals surface area contributed by atoms with Gasteiger partial charge in [0.25, 0.3) is 0 Å². The first-order chi connectivity index (χ1) is 9.84. The van der Waals surface area contributed by atoms with Crippen molar-refractivity contribution >= 4 is 11.6 Å². The summed E-state index contributed by atoms with van der Waals surface area (Å²) >= 11 is 6.11. The number of quaternary nitrogens is 1. The van der Waals surface area contributed by atoms with Gasteiger partial charge >= 0.3 is 0 Å². The van der Waals surface area contributed by atoms with E-state index in [1.807, 2.05) is 18.2 Å². The van der Waals surface area contributed by atoms with Crippen LogP contribution in [-0.4, -0.2) is 19.2 Å². The van der Waals surface area contributed by atoms with E-state index in [4.69, 9.17) is 16.3 Å². The number of hydrogen-bond acceptors (Lipinski definition) is 1. The summed E-state index contributed by atoms with van der Waals surface area (Å²) in [6.07, 6.45) is 3.53. The van der Waals surface area contributed by atoms with Crippen LogP contribution in [-0.2, 0) is 5.41 Å². The molecule has 0 aliphatic heterocycles. The molecule has 0 radical (unpaired) electrons. The minimum atomic E-state index is 0.0462. The van der Waals surface area contributed by atoms with E-state index in [9.17, 15) is 0 Å². The van der Waals surface area contributed by atoms with Crippen LogP contribution in [0.2, 0.25) is 5.02 Å². The number of hydrogen-bond donors (Lipinski definition) is 1. The summed E-state index contributed by atoms with van der Waals surface area (Å²) in [7, 11) is 0. The molecular formula is C18H31ClNO+. The van der Waals surface area contributed by atoms with E-state index >= 15 is 0 Å². The second-order valence-corrected chi connectivity index (χ2v) is 7.29. The first-order valence-corrected chi connectivity index (χ1v) is 8.48. The van der Waals surface area contributed by atoms with Crippen LogP contribution in [0.15, 0.2) is 18.2 Å². The van der Waals surface area contributed by atoms with E-state index < -0.39 is 0 Å². The highest BCUT2D eigenvalue weighted by Crippen LogP contribution is 2.33. The molecule has 0 aliphatic carbocycles. The Morgan fingerprint density at radius 1 is 1.24 bits per heavy atom. The van der Waals surface area contributed by atoms with E-state index in [0.717, 1.165) is 29.8 Å². The Bertz CT molecular complexity index is 426. The molecule has 120 valence electrons. The monoisotopic (exact) mass is 312 g/mol. The highest BCUT2D eigenvalue weighted by Gasteiger charge is 2.19. The van der Waals surface area contributed by atoms with Crippen molar-refractivity contribution < 1.29 is 10.1 Å². The Labute approximate surface area is 135 Å². The fourth-order valence-electron chi connectivity index (χ4n) is 2.21. The number of benzene rings is 1. The molecule has 0 saturated carbocycles. The van der Waals surface area contributed by atoms with Gasteiger partial charge in [0.15, 0.2) is 0 Å². The van der Waals surface area contributed by atoms with Gasteiger partial charge in [-0.05, 0) is 49.8 Å². The second-order valence-electron chi connectivity index (χ2n) is 6.86. The van der Waals surface area contributed by atoms with Crippen molar-refractivity contribution in [2.24, 2.45) is 0 Å². The summed E-state index contributed by atoms with van der Waals surface area (Å²) in [5, 5.41) is 3.19. The van der Waals surface area contributed by atoms with Crippen LogP contribution in [0.3, 0.4) is 0 Å². The highest BCUT2D eigenvalue weighted by molar-refractivity contribution is 6.30. The smallest absolute Gasteiger partial charge is 0.123 e. The molecule has 21 heavy (non-hydrogen) atoms. The Morgan fingerprint density at radius 2 is 1.95 bits per heavy atom. The third-order valence-corrected chi connectivity index (χ3v) is 4.05. The summed E-state index contributed by atoms with van der Waals surface area (Å²) in [5.74, 6) is 0.970. The van der Waals surface area contributed by atoms with Gasteiger partial charge in [0.05, 0.1) is 19.2 Å². The molecule has 0 bridgehead atoms. The lowest BCUT2D eigenvalue weighted by Crippen LogP contribution is -2.89. The quantitative estimate of drug-likeness (QED) is 0.717. The van der Waals surface area contributed by atoms with Crippen molar-refractivity contribution in [2.75, 3.05) is 13.2 Å². The highest BCUT2D eigenvalue weighted by atomic mass is 35.5. The van der Waals surface area contributed by atoms with Gasteiger partial charge < -0.3 is 10.1 Å². The summed E-state index contributed by atoms with van der Waals surface area (Å²) in [6.45, 7) is 13.0. The van der Waals surface area contributed by atoms with Crippen molar-refractivity contribution in [2.45, 2.75) is 65.3 Å². The van der Waals surface area contributed by atoms with Gasteiger partial charge in [0, 0.05) is 10.6 Å². The first-order valence-electron chi connectivity index (χ1n) is 8.10. The van der Waals surface area contributed by atoms with Crippen molar-refractivity contribution in [3.8, 4) is 5.75 Å². The average molecular weight is 313 g/mol. The van der Waals surface area contributed by atoms with Crippen LogP contribution in [0.5, 0.6) is 5.75 Å². The molecule has 0 aliphatic rings. The zero-order valence-corrected chi connectivity index (χ0v) is 15.0. The fraction of sp³-hybridized carbons (Fsp3) is 0.667. The van der Waals surface area contributed by atoms with Crippen LogP contribution >= 0.6 is 11.6 Å². The molecule has 1 rings (SSSR count). The van der Waals surface area contributed by atoms with E-state index in [-0.39, 0.29) is 5.41 Å². The normalized spacial score (nSPS) is 13.2. The van der Waals surface area contributed by atoms with Gasteiger partial charge in [0.2, 0.25) is 0 Å². The van der Waals surface area contributed by atoms with Crippen LogP contribution in [0.1, 0.15) is 59.4 Å². The number of unbranched alkanes of at least 4 members (excludes halogenated alkanes) is 1. The molecule has 0 heterocycles. The molecule has 0 saturated heterocycles. The Hall–Kier alpha value is -0.730. The van der Waals surface area contributed by atoms with E-state index in [2.05, 4.69) is 39.9 Å². The van der Waals surface area contributed by atoms with Crippen molar-refractivity contribution in [1.82, 2.24) is 0 Å². The largest absolute Gasteiger partial charge is 0.493 e.